The maximum Gasteiger partial charge on any atom is 0.264 e. The third-order valence-corrected chi connectivity index (χ3v) is 1.51. The Morgan fingerprint density at radius 3 is 2.57 bits per heavy atom. The van der Waals surface area contributed by atoms with Crippen molar-refractivity contribution in [2.45, 2.75) is 0 Å². The summed E-state index contributed by atoms with van der Waals surface area (Å²) in [6.45, 7) is 0. The van der Waals surface area contributed by atoms with E-state index >= 15 is 0 Å². The molecule has 1 aromatic carbocycles. The van der Waals surface area contributed by atoms with Gasteiger partial charge in [0.25, 0.3) is 5.95 Å². The Labute approximate surface area is 79.3 Å². The Hall–Kier alpha value is -2.24. The predicted molar refractivity (Wildman–Crippen MR) is 48.7 cm³/mol. The average Bonchev–Trinajstić information content (AvgIpc) is 2.70. The number of H-pyrrole nitrogens is 1. The molecule has 0 spiro atoms. The van der Waals surface area contributed by atoms with Crippen LogP contribution >= 0.6 is 0 Å². The summed E-state index contributed by atoms with van der Waals surface area (Å²) in [5.41, 5.74) is 0.638. The molecule has 0 amide bonds. The van der Waals surface area contributed by atoms with Crippen LogP contribution < -0.4 is 0 Å². The van der Waals surface area contributed by atoms with Gasteiger partial charge in [-0.1, -0.05) is 0 Å². The van der Waals surface area contributed by atoms with Gasteiger partial charge in [0.1, 0.15) is 12.1 Å². The fourth-order valence-corrected chi connectivity index (χ4v) is 0.872. The number of benzene rings is 1. The number of nitrogens with one attached hydrogen (secondary N) is 1. The molecule has 0 bridgehead atoms. The minimum atomic E-state index is 0.198. The van der Waals surface area contributed by atoms with Gasteiger partial charge >= 0.3 is 0 Å². The van der Waals surface area contributed by atoms with Crippen molar-refractivity contribution in [3.8, 4) is 5.75 Å². The minimum Gasteiger partial charge on any atom is -0.508 e. The van der Waals surface area contributed by atoms with Crippen molar-refractivity contribution < 1.29 is 5.11 Å². The lowest BCUT2D eigenvalue weighted by Crippen LogP contribution is -1.66. The zero-order valence-electron chi connectivity index (χ0n) is 7.12. The second kappa shape index (κ2) is 3.65. The van der Waals surface area contributed by atoms with E-state index in [0.717, 1.165) is 0 Å². The van der Waals surface area contributed by atoms with Gasteiger partial charge < -0.3 is 5.11 Å². The summed E-state index contributed by atoms with van der Waals surface area (Å²) in [6.07, 6.45) is 1.35. The molecule has 14 heavy (non-hydrogen) atoms. The summed E-state index contributed by atoms with van der Waals surface area (Å²) in [6, 6.07) is 6.37. The molecule has 6 nitrogen and oxygen atoms in total. The zero-order valence-corrected chi connectivity index (χ0v) is 7.12. The number of hydrogen-bond donors (Lipinski definition) is 2. The van der Waals surface area contributed by atoms with Crippen LogP contribution in [-0.4, -0.2) is 20.3 Å². The van der Waals surface area contributed by atoms with Gasteiger partial charge in [-0.15, -0.1) is 10.2 Å². The Kier molecular flexibility index (Phi) is 2.18. The highest BCUT2D eigenvalue weighted by Gasteiger charge is 1.92. The number of rotatable bonds is 2. The van der Waals surface area contributed by atoms with Crippen molar-refractivity contribution in [3.05, 3.63) is 30.6 Å². The van der Waals surface area contributed by atoms with E-state index in [4.69, 9.17) is 5.11 Å². The Morgan fingerprint density at radius 1 is 1.14 bits per heavy atom. The molecule has 0 aliphatic rings. The third kappa shape index (κ3) is 1.92. The highest BCUT2D eigenvalue weighted by atomic mass is 16.3. The molecule has 0 unspecified atom stereocenters. The highest BCUT2D eigenvalue weighted by Crippen LogP contribution is 2.18. The van der Waals surface area contributed by atoms with Crippen LogP contribution in [0.2, 0.25) is 0 Å². The first-order chi connectivity index (χ1) is 6.84. The molecule has 2 N–H and O–H groups in total. The van der Waals surface area contributed by atoms with E-state index in [1.54, 1.807) is 12.1 Å². The molecule has 0 aliphatic carbocycles. The summed E-state index contributed by atoms with van der Waals surface area (Å²) in [4.78, 5) is 3.77. The van der Waals surface area contributed by atoms with E-state index in [2.05, 4.69) is 25.4 Å². The van der Waals surface area contributed by atoms with E-state index in [0.29, 0.717) is 11.6 Å². The molecule has 70 valence electrons. The van der Waals surface area contributed by atoms with Gasteiger partial charge in [0.05, 0.1) is 5.69 Å². The van der Waals surface area contributed by atoms with Crippen LogP contribution in [0.5, 0.6) is 5.75 Å². The fourth-order valence-electron chi connectivity index (χ4n) is 0.872. The van der Waals surface area contributed by atoms with Crippen LogP contribution in [-0.2, 0) is 0 Å². The number of phenols is 1. The zero-order chi connectivity index (χ0) is 9.80. The van der Waals surface area contributed by atoms with Gasteiger partial charge in [-0.3, -0.25) is 0 Å². The monoisotopic (exact) mass is 189 g/mol. The third-order valence-electron chi connectivity index (χ3n) is 1.51. The first-order valence-corrected chi connectivity index (χ1v) is 3.91. The fraction of sp³-hybridized carbons (Fsp3) is 0. The first kappa shape index (κ1) is 8.36. The molecule has 0 atom stereocenters. The summed E-state index contributed by atoms with van der Waals surface area (Å²) in [7, 11) is 0. The molecule has 6 heteroatoms. The van der Waals surface area contributed by atoms with E-state index in [1.807, 2.05) is 0 Å². The average molecular weight is 189 g/mol. The van der Waals surface area contributed by atoms with Crippen molar-refractivity contribution >= 4 is 11.6 Å². The smallest absolute Gasteiger partial charge is 0.264 e. The lowest BCUT2D eigenvalue weighted by Gasteiger charge is -1.91. The lowest BCUT2D eigenvalue weighted by atomic mass is 10.3. The number of azo groups is 1. The maximum atomic E-state index is 9.01. The van der Waals surface area contributed by atoms with Gasteiger partial charge in [-0.2, -0.15) is 10.1 Å². The van der Waals surface area contributed by atoms with Crippen molar-refractivity contribution in [2.24, 2.45) is 10.2 Å². The van der Waals surface area contributed by atoms with Gasteiger partial charge in [-0.05, 0) is 24.3 Å². The molecular weight excluding hydrogens is 182 g/mol. The van der Waals surface area contributed by atoms with Crippen LogP contribution in [0.15, 0.2) is 40.8 Å². The van der Waals surface area contributed by atoms with Crippen LogP contribution in [0.4, 0.5) is 11.6 Å². The molecule has 1 aromatic heterocycles. The number of aromatic nitrogens is 3. The molecule has 0 saturated carbocycles. The maximum absolute atomic E-state index is 9.01. The number of aromatic hydroxyl groups is 1. The van der Waals surface area contributed by atoms with Crippen molar-refractivity contribution in [2.75, 3.05) is 0 Å². The van der Waals surface area contributed by atoms with Crippen molar-refractivity contribution in [1.82, 2.24) is 15.2 Å². The van der Waals surface area contributed by atoms with Crippen LogP contribution in [0.3, 0.4) is 0 Å². The topological polar surface area (TPSA) is 86.5 Å². The number of nitrogens with zero attached hydrogens (tertiary/aromatic N) is 4. The quantitative estimate of drug-likeness (QED) is 0.707. The standard InChI is InChI=1S/C8H7N5O/c14-7-3-1-6(2-4-7)11-13-8-9-5-10-12-8/h1-5,14H,(H,9,10,12). The summed E-state index contributed by atoms with van der Waals surface area (Å²) in [5, 5.41) is 22.8. The molecule has 0 radical (unpaired) electrons. The highest BCUT2D eigenvalue weighted by molar-refractivity contribution is 5.40. The second-order valence-corrected chi connectivity index (χ2v) is 2.53. The second-order valence-electron chi connectivity index (χ2n) is 2.53. The van der Waals surface area contributed by atoms with Gasteiger partial charge in [-0.25, -0.2) is 5.10 Å². The Balaban J connectivity index is 2.15. The van der Waals surface area contributed by atoms with Gasteiger partial charge in [0, 0.05) is 0 Å². The van der Waals surface area contributed by atoms with E-state index in [-0.39, 0.29) is 5.75 Å². The van der Waals surface area contributed by atoms with E-state index in [1.165, 1.54) is 18.5 Å². The molecular formula is C8H7N5O. The van der Waals surface area contributed by atoms with Gasteiger partial charge in [0.2, 0.25) is 0 Å². The number of hydrogen-bond acceptors (Lipinski definition) is 5. The van der Waals surface area contributed by atoms with Gasteiger partial charge in [0.15, 0.2) is 0 Å². The molecule has 1 heterocycles. The van der Waals surface area contributed by atoms with E-state index in [9.17, 15) is 0 Å². The predicted octanol–water partition coefficient (Wildman–Crippen LogP) is 1.93. The number of aromatic amines is 1. The molecule has 0 aliphatic heterocycles. The first-order valence-electron chi connectivity index (χ1n) is 3.91. The Morgan fingerprint density at radius 2 is 1.93 bits per heavy atom. The lowest BCUT2D eigenvalue weighted by molar-refractivity contribution is 0.475. The van der Waals surface area contributed by atoms with E-state index < -0.39 is 0 Å². The SMILES string of the molecule is Oc1ccc(N=Nc2ncn[nH]2)cc1. The molecule has 0 fully saturated rings. The Bertz CT molecular complexity index is 420. The minimum absolute atomic E-state index is 0.198. The van der Waals surface area contributed by atoms with Crippen LogP contribution in [0, 0.1) is 0 Å². The molecule has 2 aromatic rings. The molecule has 2 rings (SSSR count). The molecule has 0 saturated heterocycles. The normalized spacial score (nSPS) is 10.9. The number of phenolic OH excluding ortho intramolecular Hbond substituents is 1. The summed E-state index contributed by atoms with van der Waals surface area (Å²) < 4.78 is 0. The van der Waals surface area contributed by atoms with Crippen LogP contribution in [0.1, 0.15) is 0 Å². The van der Waals surface area contributed by atoms with Crippen molar-refractivity contribution in [3.63, 3.8) is 0 Å². The summed E-state index contributed by atoms with van der Waals surface area (Å²) in [5.74, 6) is 0.543. The largest absolute Gasteiger partial charge is 0.508 e. The van der Waals surface area contributed by atoms with Crippen LogP contribution in [0.25, 0.3) is 0 Å². The summed E-state index contributed by atoms with van der Waals surface area (Å²) >= 11 is 0. The van der Waals surface area contributed by atoms with Crippen molar-refractivity contribution in [1.29, 1.82) is 0 Å².